The molecule has 0 spiro atoms. The van der Waals surface area contributed by atoms with Crippen molar-refractivity contribution in [2.45, 2.75) is 0 Å². The molecule has 0 aliphatic heterocycles. The average Bonchev–Trinajstić information content (AvgIpc) is 2.92. The molecule has 3 rings (SSSR count). The average molecular weight is 287 g/mol. The van der Waals surface area contributed by atoms with Gasteiger partial charge >= 0.3 is 5.78 Å². The second-order valence-corrected chi connectivity index (χ2v) is 4.49. The van der Waals surface area contributed by atoms with Crippen molar-refractivity contribution in [3.63, 3.8) is 0 Å². The Kier molecular flexibility index (Phi) is 3.45. The van der Waals surface area contributed by atoms with Gasteiger partial charge in [0.1, 0.15) is 11.0 Å². The zero-order valence-corrected chi connectivity index (χ0v) is 11.3. The lowest BCUT2D eigenvalue weighted by Gasteiger charge is -2.00. The minimum absolute atomic E-state index is 0.0391. The van der Waals surface area contributed by atoms with Crippen LogP contribution in [0.4, 0.5) is 0 Å². The molecule has 3 aromatic rings. The molecule has 1 amide bonds. The normalized spacial score (nSPS) is 11.1. The number of hydrogen-bond donors (Lipinski definition) is 1. The van der Waals surface area contributed by atoms with Crippen LogP contribution in [0, 0.1) is 0 Å². The van der Waals surface area contributed by atoms with Crippen LogP contribution in [-0.2, 0) is 4.74 Å². The lowest BCUT2D eigenvalue weighted by atomic mass is 10.2. The predicted octanol–water partition coefficient (Wildman–Crippen LogP) is 1.92. The standard InChI is InChI=1S/C15H13NO5/c1-19-7-6-16-14(18)12-8-10-13(17)9-4-2-3-5-11(9)20-15(10)21-12/h2-5,8H,6-7H2,1H3,(H,16,18). The largest absolute Gasteiger partial charge is 0.425 e. The van der Waals surface area contributed by atoms with Crippen LogP contribution in [0.5, 0.6) is 0 Å². The lowest BCUT2D eigenvalue weighted by molar-refractivity contribution is 0.0910. The third kappa shape index (κ3) is 2.41. The Morgan fingerprint density at radius 1 is 1.24 bits per heavy atom. The van der Waals surface area contributed by atoms with Gasteiger partial charge in [-0.3, -0.25) is 9.59 Å². The summed E-state index contributed by atoms with van der Waals surface area (Å²) >= 11 is 0. The summed E-state index contributed by atoms with van der Waals surface area (Å²) in [6.07, 6.45) is 0. The third-order valence-corrected chi connectivity index (χ3v) is 3.09. The summed E-state index contributed by atoms with van der Waals surface area (Å²) in [5.41, 5.74) is 0.210. The number of fused-ring (bicyclic) bond motifs is 2. The monoisotopic (exact) mass is 287 g/mol. The first kappa shape index (κ1) is 13.4. The highest BCUT2D eigenvalue weighted by Gasteiger charge is 2.17. The van der Waals surface area contributed by atoms with Gasteiger partial charge in [-0.05, 0) is 12.1 Å². The van der Waals surface area contributed by atoms with E-state index in [4.69, 9.17) is 13.6 Å². The van der Waals surface area contributed by atoms with E-state index in [-0.39, 0.29) is 22.4 Å². The molecule has 0 fully saturated rings. The Morgan fingerprint density at radius 2 is 2.05 bits per heavy atom. The molecule has 6 heteroatoms. The van der Waals surface area contributed by atoms with Gasteiger partial charge in [-0.2, -0.15) is 0 Å². The van der Waals surface area contributed by atoms with Crippen molar-refractivity contribution in [1.82, 2.24) is 5.32 Å². The molecular formula is C15H13NO5. The number of methoxy groups -OCH3 is 1. The van der Waals surface area contributed by atoms with E-state index in [1.54, 1.807) is 31.4 Å². The molecule has 6 nitrogen and oxygen atoms in total. The Labute approximate surface area is 119 Å². The molecule has 2 aromatic heterocycles. The summed E-state index contributed by atoms with van der Waals surface area (Å²) in [5.74, 6) is -0.324. The van der Waals surface area contributed by atoms with Crippen molar-refractivity contribution in [2.24, 2.45) is 0 Å². The van der Waals surface area contributed by atoms with Gasteiger partial charge in [0.25, 0.3) is 5.91 Å². The fraction of sp³-hybridized carbons (Fsp3) is 0.200. The number of hydrogen-bond acceptors (Lipinski definition) is 5. The highest BCUT2D eigenvalue weighted by molar-refractivity contribution is 5.97. The first-order valence-electron chi connectivity index (χ1n) is 6.43. The summed E-state index contributed by atoms with van der Waals surface area (Å²) in [6.45, 7) is 0.753. The molecule has 1 aromatic carbocycles. The van der Waals surface area contributed by atoms with Gasteiger partial charge in [0, 0.05) is 19.7 Å². The van der Waals surface area contributed by atoms with E-state index in [9.17, 15) is 9.59 Å². The maximum atomic E-state index is 12.3. The minimum atomic E-state index is -0.415. The van der Waals surface area contributed by atoms with Gasteiger partial charge in [-0.25, -0.2) is 0 Å². The quantitative estimate of drug-likeness (QED) is 0.741. The molecule has 1 N–H and O–H groups in total. The third-order valence-electron chi connectivity index (χ3n) is 3.09. The van der Waals surface area contributed by atoms with Crippen molar-refractivity contribution in [3.8, 4) is 0 Å². The number of benzene rings is 1. The molecule has 0 bridgehead atoms. The summed E-state index contributed by atoms with van der Waals surface area (Å²) < 4.78 is 15.7. The Balaban J connectivity index is 2.04. The number of carbonyl (C=O) groups excluding carboxylic acids is 1. The van der Waals surface area contributed by atoms with Crippen LogP contribution in [-0.4, -0.2) is 26.2 Å². The van der Waals surface area contributed by atoms with Gasteiger partial charge in [0.2, 0.25) is 5.43 Å². The number of amides is 1. The van der Waals surface area contributed by atoms with Crippen LogP contribution < -0.4 is 10.7 Å². The van der Waals surface area contributed by atoms with E-state index >= 15 is 0 Å². The lowest BCUT2D eigenvalue weighted by Crippen LogP contribution is -2.26. The van der Waals surface area contributed by atoms with Crippen LogP contribution in [0.1, 0.15) is 10.6 Å². The maximum absolute atomic E-state index is 12.3. The number of ether oxygens (including phenoxy) is 1. The van der Waals surface area contributed by atoms with Crippen LogP contribution in [0.15, 0.2) is 44.0 Å². The van der Waals surface area contributed by atoms with Crippen molar-refractivity contribution in [3.05, 3.63) is 46.3 Å². The Morgan fingerprint density at radius 3 is 2.86 bits per heavy atom. The Bertz CT molecular complexity index is 861. The topological polar surface area (TPSA) is 81.7 Å². The zero-order chi connectivity index (χ0) is 14.8. The first-order chi connectivity index (χ1) is 10.2. The summed E-state index contributed by atoms with van der Waals surface area (Å²) in [7, 11) is 1.54. The number of nitrogens with one attached hydrogen (secondary N) is 1. The maximum Gasteiger partial charge on any atom is 0.302 e. The molecular weight excluding hydrogens is 274 g/mol. The zero-order valence-electron chi connectivity index (χ0n) is 11.3. The molecule has 0 saturated carbocycles. The van der Waals surface area contributed by atoms with Gasteiger partial charge in [-0.15, -0.1) is 0 Å². The number of carbonyl (C=O) groups is 1. The predicted molar refractivity (Wildman–Crippen MR) is 76.5 cm³/mol. The number of furan rings is 1. The molecule has 0 aliphatic rings. The second kappa shape index (κ2) is 5.41. The molecule has 0 atom stereocenters. The van der Waals surface area contributed by atoms with Crippen LogP contribution in [0.3, 0.4) is 0 Å². The highest BCUT2D eigenvalue weighted by atomic mass is 16.5. The van der Waals surface area contributed by atoms with Crippen LogP contribution in [0.2, 0.25) is 0 Å². The van der Waals surface area contributed by atoms with Gasteiger partial charge in [-0.1, -0.05) is 12.1 Å². The van der Waals surface area contributed by atoms with Crippen molar-refractivity contribution in [1.29, 1.82) is 0 Å². The van der Waals surface area contributed by atoms with Crippen LogP contribution >= 0.6 is 0 Å². The van der Waals surface area contributed by atoms with E-state index in [2.05, 4.69) is 5.32 Å². The van der Waals surface area contributed by atoms with Crippen molar-refractivity contribution >= 4 is 28.0 Å². The fourth-order valence-corrected chi connectivity index (χ4v) is 2.06. The molecule has 0 aliphatic carbocycles. The summed E-state index contributed by atoms with van der Waals surface area (Å²) in [6, 6.07) is 8.26. The summed E-state index contributed by atoms with van der Waals surface area (Å²) in [5, 5.41) is 3.33. The van der Waals surface area contributed by atoms with Crippen LogP contribution in [0.25, 0.3) is 22.1 Å². The number of rotatable bonds is 4. The molecule has 2 heterocycles. The molecule has 0 radical (unpaired) electrons. The van der Waals surface area contributed by atoms with Gasteiger partial charge in [0.15, 0.2) is 5.76 Å². The molecule has 0 unspecified atom stereocenters. The van der Waals surface area contributed by atoms with E-state index in [0.717, 1.165) is 0 Å². The van der Waals surface area contributed by atoms with Crippen molar-refractivity contribution in [2.75, 3.05) is 20.3 Å². The smallest absolute Gasteiger partial charge is 0.302 e. The van der Waals surface area contributed by atoms with E-state index in [1.165, 1.54) is 6.07 Å². The number of para-hydroxylation sites is 1. The van der Waals surface area contributed by atoms with E-state index in [1.807, 2.05) is 0 Å². The highest BCUT2D eigenvalue weighted by Crippen LogP contribution is 2.21. The van der Waals surface area contributed by atoms with Gasteiger partial charge < -0.3 is 18.9 Å². The molecule has 21 heavy (non-hydrogen) atoms. The fourth-order valence-electron chi connectivity index (χ4n) is 2.06. The van der Waals surface area contributed by atoms with Crippen molar-refractivity contribution < 1.29 is 18.4 Å². The summed E-state index contributed by atoms with van der Waals surface area (Å²) in [4.78, 5) is 24.2. The van der Waals surface area contributed by atoms with Gasteiger partial charge in [0.05, 0.1) is 12.0 Å². The second-order valence-electron chi connectivity index (χ2n) is 4.49. The molecule has 0 saturated heterocycles. The Hall–Kier alpha value is -2.60. The van der Waals surface area contributed by atoms with E-state index in [0.29, 0.717) is 24.1 Å². The molecule has 108 valence electrons. The van der Waals surface area contributed by atoms with E-state index < -0.39 is 5.91 Å². The first-order valence-corrected chi connectivity index (χ1v) is 6.43. The minimum Gasteiger partial charge on any atom is -0.425 e. The SMILES string of the molecule is COCCNC(=O)c1cc2c(=O)c3ccccc3oc2o1.